The van der Waals surface area contributed by atoms with Crippen molar-refractivity contribution in [1.82, 2.24) is 14.7 Å². The van der Waals surface area contributed by atoms with E-state index in [0.29, 0.717) is 54.7 Å². The van der Waals surface area contributed by atoms with Crippen molar-refractivity contribution in [3.8, 4) is 11.4 Å². The topological polar surface area (TPSA) is 140 Å². The van der Waals surface area contributed by atoms with Crippen molar-refractivity contribution >= 4 is 47.5 Å². The Labute approximate surface area is 350 Å². The molecule has 1 saturated heterocycles. The second kappa shape index (κ2) is 16.4. The molecule has 5 aromatic rings. The summed E-state index contributed by atoms with van der Waals surface area (Å²) in [6.07, 6.45) is 2.82. The third kappa shape index (κ3) is 7.01. The molecule has 1 spiro atoms. The summed E-state index contributed by atoms with van der Waals surface area (Å²) in [5, 5.41) is 17.5. The lowest BCUT2D eigenvalue weighted by Crippen LogP contribution is -2.52. The third-order valence-electron chi connectivity index (χ3n) is 13.3. The van der Waals surface area contributed by atoms with Gasteiger partial charge in [-0.3, -0.25) is 19.2 Å². The van der Waals surface area contributed by atoms with Gasteiger partial charge in [-0.2, -0.15) is 9.78 Å². The average molecular weight is 829 g/mol. The van der Waals surface area contributed by atoms with Gasteiger partial charge in [0.15, 0.2) is 5.60 Å². The minimum absolute atomic E-state index is 0.00906. The standard InChI is InChI=1S/C47H52N4O8Si/c1-30-44(60(4,5)37-20-18-36(57-2)19-21-37)41(26-42(53)50-28-33-14-7-6-12-31(33)24-35(50)29-52)59-47(30)39-25-34(51-45(55)38-15-9-8-13-32(38)27-48-51)17-22-40(39)49(46(47)56)23-11-10-16-43(54)58-3/h6-9,12-15,17-22,25,27,30,35,41,44,52H,10-11,16,23-24,26,28-29H2,1-5H3/t30-,35+,41+,44-,47+/m1/s1. The van der Waals surface area contributed by atoms with E-state index in [-0.39, 0.29) is 48.3 Å². The number of hydrogen-bond donors (Lipinski definition) is 1. The van der Waals surface area contributed by atoms with E-state index in [9.17, 15) is 19.5 Å². The van der Waals surface area contributed by atoms with Crippen molar-refractivity contribution in [2.75, 3.05) is 32.3 Å². The summed E-state index contributed by atoms with van der Waals surface area (Å²) in [6, 6.07) is 28.5. The molecule has 1 fully saturated rings. The first-order valence-corrected chi connectivity index (χ1v) is 23.8. The SMILES string of the molecule is COC(=O)CCCCN1C(=O)[C@@]2(O[C@@H](CC(=O)N3Cc4ccccc4C[C@H]3CO)[C@H]([Si](C)(C)c3ccc(OC)cc3)[C@H]2C)c2cc(-n3ncc4ccccc4c3=O)ccc21. The third-order valence-corrected chi connectivity index (χ3v) is 17.6. The molecule has 0 saturated carbocycles. The number of ether oxygens (including phenoxy) is 3. The summed E-state index contributed by atoms with van der Waals surface area (Å²) < 4.78 is 19.1. The number of aliphatic hydroxyl groups excluding tert-OH is 1. The minimum atomic E-state index is -2.63. The van der Waals surface area contributed by atoms with Gasteiger partial charge in [0.1, 0.15) is 5.75 Å². The smallest absolute Gasteiger partial charge is 0.305 e. The van der Waals surface area contributed by atoms with E-state index in [4.69, 9.17) is 14.2 Å². The molecule has 3 aliphatic rings. The molecule has 60 heavy (non-hydrogen) atoms. The molecular weight excluding hydrogens is 777 g/mol. The van der Waals surface area contributed by atoms with Crippen molar-refractivity contribution in [3.05, 3.63) is 124 Å². The number of anilines is 1. The van der Waals surface area contributed by atoms with Crippen molar-refractivity contribution in [2.24, 2.45) is 5.92 Å². The Bertz CT molecular complexity index is 2510. The predicted octanol–water partition coefficient (Wildman–Crippen LogP) is 5.64. The van der Waals surface area contributed by atoms with E-state index < -0.39 is 31.7 Å². The van der Waals surface area contributed by atoms with Crippen LogP contribution in [-0.4, -0.2) is 85.2 Å². The fourth-order valence-corrected chi connectivity index (χ4v) is 14.1. The van der Waals surface area contributed by atoms with Crippen molar-refractivity contribution in [3.63, 3.8) is 0 Å². The second-order valence-electron chi connectivity index (χ2n) is 16.8. The highest BCUT2D eigenvalue weighted by atomic mass is 28.3. The molecule has 2 amide bonds. The molecule has 0 bridgehead atoms. The molecule has 1 aromatic heterocycles. The number of unbranched alkanes of at least 4 members (excludes halogenated alkanes) is 1. The molecule has 4 heterocycles. The van der Waals surface area contributed by atoms with Gasteiger partial charge in [0, 0.05) is 36.4 Å². The molecule has 3 aliphatic heterocycles. The Balaban J connectivity index is 1.24. The Hall–Kier alpha value is -5.63. The first kappa shape index (κ1) is 41.1. The maximum atomic E-state index is 15.4. The lowest BCUT2D eigenvalue weighted by molar-refractivity contribution is -0.151. The fourth-order valence-electron chi connectivity index (χ4n) is 10.1. The van der Waals surface area contributed by atoms with Crippen LogP contribution >= 0.6 is 0 Å². The number of nitrogens with zero attached hydrogens (tertiary/aromatic N) is 4. The van der Waals surface area contributed by atoms with Gasteiger partial charge in [0.05, 0.1) is 70.4 Å². The Morgan fingerprint density at radius 3 is 2.42 bits per heavy atom. The average Bonchev–Trinajstić information content (AvgIpc) is 3.69. The van der Waals surface area contributed by atoms with Crippen LogP contribution in [0.15, 0.2) is 102 Å². The number of amides is 2. The number of carbonyl (C=O) groups excluding carboxylic acids is 3. The molecule has 0 aliphatic carbocycles. The van der Waals surface area contributed by atoms with Crippen molar-refractivity contribution in [2.45, 2.75) is 82.0 Å². The van der Waals surface area contributed by atoms with Crippen LogP contribution in [0.3, 0.4) is 0 Å². The molecule has 12 nitrogen and oxygen atoms in total. The van der Waals surface area contributed by atoms with Gasteiger partial charge in [0.25, 0.3) is 11.5 Å². The molecule has 5 atom stereocenters. The highest BCUT2D eigenvalue weighted by Gasteiger charge is 2.66. The summed E-state index contributed by atoms with van der Waals surface area (Å²) in [5.74, 6) is -0.382. The first-order chi connectivity index (χ1) is 28.9. The number of methoxy groups -OCH3 is 2. The van der Waals surface area contributed by atoms with Gasteiger partial charge >= 0.3 is 5.97 Å². The summed E-state index contributed by atoms with van der Waals surface area (Å²) in [6.45, 7) is 7.12. The van der Waals surface area contributed by atoms with Crippen LogP contribution in [0.5, 0.6) is 5.75 Å². The van der Waals surface area contributed by atoms with E-state index in [1.54, 1.807) is 35.2 Å². The minimum Gasteiger partial charge on any atom is -0.497 e. The fraction of sp³-hybridized carbons (Fsp3) is 0.383. The van der Waals surface area contributed by atoms with Crippen LogP contribution in [0.2, 0.25) is 18.6 Å². The van der Waals surface area contributed by atoms with Gasteiger partial charge in [-0.15, -0.1) is 0 Å². The zero-order valence-electron chi connectivity index (χ0n) is 34.8. The Morgan fingerprint density at radius 1 is 0.950 bits per heavy atom. The first-order valence-electron chi connectivity index (χ1n) is 20.7. The van der Waals surface area contributed by atoms with E-state index >= 15 is 4.79 Å². The van der Waals surface area contributed by atoms with Crippen molar-refractivity contribution < 1.29 is 33.7 Å². The van der Waals surface area contributed by atoms with E-state index in [1.807, 2.05) is 66.7 Å². The molecule has 312 valence electrons. The summed E-state index contributed by atoms with van der Waals surface area (Å²) in [5.41, 5.74) is 1.89. The second-order valence-corrected chi connectivity index (χ2v) is 21.5. The molecule has 8 rings (SSSR count). The van der Waals surface area contributed by atoms with Crippen molar-refractivity contribution in [1.29, 1.82) is 0 Å². The van der Waals surface area contributed by atoms with Gasteiger partial charge in [0.2, 0.25) is 5.91 Å². The Morgan fingerprint density at radius 2 is 1.68 bits per heavy atom. The quantitative estimate of drug-likeness (QED) is 0.0963. The molecule has 0 unspecified atom stereocenters. The highest BCUT2D eigenvalue weighted by molar-refractivity contribution is 6.91. The van der Waals surface area contributed by atoms with Crippen LogP contribution in [0.4, 0.5) is 5.69 Å². The molecule has 0 radical (unpaired) electrons. The Kier molecular flexibility index (Phi) is 11.3. The van der Waals surface area contributed by atoms with E-state index in [0.717, 1.165) is 27.4 Å². The number of aromatic nitrogens is 2. The predicted molar refractivity (Wildman–Crippen MR) is 231 cm³/mol. The molecule has 4 aromatic carbocycles. The van der Waals surface area contributed by atoms with Gasteiger partial charge < -0.3 is 29.1 Å². The monoisotopic (exact) mass is 828 g/mol. The summed E-state index contributed by atoms with van der Waals surface area (Å²) in [4.78, 5) is 59.6. The summed E-state index contributed by atoms with van der Waals surface area (Å²) in [7, 11) is 0.366. The van der Waals surface area contributed by atoms with Crippen LogP contribution < -0.4 is 20.4 Å². The molecule has 13 heteroatoms. The molecular formula is C47H52N4O8Si. The largest absolute Gasteiger partial charge is 0.497 e. The highest BCUT2D eigenvalue weighted by Crippen LogP contribution is 2.60. The van der Waals surface area contributed by atoms with Crippen LogP contribution in [0.25, 0.3) is 16.5 Å². The number of hydrogen-bond acceptors (Lipinski definition) is 9. The number of benzene rings is 4. The summed E-state index contributed by atoms with van der Waals surface area (Å²) >= 11 is 0. The molecule has 1 N–H and O–H groups in total. The number of esters is 1. The van der Waals surface area contributed by atoms with Crippen LogP contribution in [0, 0.1) is 5.92 Å². The zero-order valence-corrected chi connectivity index (χ0v) is 35.8. The maximum Gasteiger partial charge on any atom is 0.305 e. The van der Waals surface area contributed by atoms with Crippen LogP contribution in [0.1, 0.15) is 49.3 Å². The van der Waals surface area contributed by atoms with Gasteiger partial charge in [-0.25, -0.2) is 0 Å². The van der Waals surface area contributed by atoms with E-state index in [2.05, 4.69) is 37.2 Å². The number of rotatable bonds is 12. The lowest BCUT2D eigenvalue weighted by Gasteiger charge is -2.39. The lowest BCUT2D eigenvalue weighted by atomic mass is 9.82. The number of carbonyl (C=O) groups is 3. The zero-order chi connectivity index (χ0) is 42.3. The number of aliphatic hydroxyl groups is 1. The van der Waals surface area contributed by atoms with Gasteiger partial charge in [-0.05, 0) is 72.3 Å². The van der Waals surface area contributed by atoms with E-state index in [1.165, 1.54) is 11.8 Å². The van der Waals surface area contributed by atoms with Crippen LogP contribution in [-0.2, 0) is 42.4 Å². The van der Waals surface area contributed by atoms with Gasteiger partial charge in [-0.1, -0.05) is 79.8 Å². The normalized spacial score (nSPS) is 22.3. The number of fused-ring (bicyclic) bond motifs is 4. The maximum absolute atomic E-state index is 15.4.